The minimum Gasteiger partial charge on any atom is -0.480 e. The van der Waals surface area contributed by atoms with Gasteiger partial charge in [0.1, 0.15) is 6.04 Å². The molecule has 0 spiro atoms. The van der Waals surface area contributed by atoms with E-state index in [1.807, 2.05) is 4.90 Å². The Labute approximate surface area is 67.0 Å². The van der Waals surface area contributed by atoms with Gasteiger partial charge in [-0.3, -0.25) is 9.69 Å². The van der Waals surface area contributed by atoms with Gasteiger partial charge in [0.25, 0.3) is 0 Å². The Hall–Kier alpha value is -0.570. The van der Waals surface area contributed by atoms with Crippen LogP contribution in [0.1, 0.15) is 20.3 Å². The molecular weight excluding hydrogens is 142 g/mol. The number of likely N-dealkylation sites (tertiary alicyclic amines) is 1. The number of rotatable bonds is 2. The summed E-state index contributed by atoms with van der Waals surface area (Å²) in [6, 6.07) is -0.306. The molecule has 11 heavy (non-hydrogen) atoms. The van der Waals surface area contributed by atoms with Crippen LogP contribution in [-0.2, 0) is 4.79 Å². The van der Waals surface area contributed by atoms with E-state index in [2.05, 4.69) is 6.92 Å². The molecule has 1 aliphatic rings. The van der Waals surface area contributed by atoms with Gasteiger partial charge in [-0.25, -0.2) is 0 Å². The van der Waals surface area contributed by atoms with Gasteiger partial charge in [0, 0.05) is 6.54 Å². The van der Waals surface area contributed by atoms with Crippen LogP contribution >= 0.6 is 0 Å². The van der Waals surface area contributed by atoms with E-state index in [-0.39, 0.29) is 6.04 Å². The van der Waals surface area contributed by atoms with Crippen LogP contribution in [0.5, 0.6) is 0 Å². The summed E-state index contributed by atoms with van der Waals surface area (Å²) in [6.45, 7) is 5.79. The molecule has 1 saturated heterocycles. The predicted molar refractivity (Wildman–Crippen MR) is 42.5 cm³/mol. The fraction of sp³-hybridized carbons (Fsp3) is 0.875. The van der Waals surface area contributed by atoms with Crippen LogP contribution in [0.4, 0.5) is 0 Å². The van der Waals surface area contributed by atoms with Crippen molar-refractivity contribution in [3.63, 3.8) is 0 Å². The Morgan fingerprint density at radius 1 is 1.73 bits per heavy atom. The lowest BCUT2D eigenvalue weighted by Gasteiger charge is -2.19. The Kier molecular flexibility index (Phi) is 2.49. The smallest absolute Gasteiger partial charge is 0.320 e. The van der Waals surface area contributed by atoms with E-state index >= 15 is 0 Å². The molecule has 1 fully saturated rings. The topological polar surface area (TPSA) is 40.5 Å². The summed E-state index contributed by atoms with van der Waals surface area (Å²) in [6.07, 6.45) is 1.14. The van der Waals surface area contributed by atoms with Crippen LogP contribution in [0.15, 0.2) is 0 Å². The second-order valence-electron chi connectivity index (χ2n) is 3.40. The van der Waals surface area contributed by atoms with Gasteiger partial charge in [-0.15, -0.1) is 0 Å². The van der Waals surface area contributed by atoms with E-state index in [0.29, 0.717) is 5.92 Å². The highest BCUT2D eigenvalue weighted by atomic mass is 16.4. The normalized spacial score (nSPS) is 28.7. The molecule has 1 heterocycles. The molecule has 0 saturated carbocycles. The lowest BCUT2D eigenvalue weighted by Crippen LogP contribution is -2.36. The number of hydrogen-bond acceptors (Lipinski definition) is 2. The van der Waals surface area contributed by atoms with E-state index in [1.54, 1.807) is 6.92 Å². The molecule has 1 aliphatic heterocycles. The second-order valence-corrected chi connectivity index (χ2v) is 3.40. The first-order chi connectivity index (χ1) is 5.11. The number of carboxylic acids is 1. The van der Waals surface area contributed by atoms with Crippen molar-refractivity contribution >= 4 is 5.97 Å². The molecule has 2 atom stereocenters. The van der Waals surface area contributed by atoms with Crippen LogP contribution in [0.3, 0.4) is 0 Å². The van der Waals surface area contributed by atoms with E-state index in [0.717, 1.165) is 19.5 Å². The van der Waals surface area contributed by atoms with Gasteiger partial charge in [-0.05, 0) is 25.8 Å². The number of aliphatic carboxylic acids is 1. The summed E-state index contributed by atoms with van der Waals surface area (Å²) in [5.41, 5.74) is 0. The van der Waals surface area contributed by atoms with Crippen molar-refractivity contribution in [2.75, 3.05) is 13.1 Å². The Morgan fingerprint density at radius 2 is 2.36 bits per heavy atom. The van der Waals surface area contributed by atoms with Crippen molar-refractivity contribution in [1.82, 2.24) is 4.90 Å². The van der Waals surface area contributed by atoms with Gasteiger partial charge >= 0.3 is 5.97 Å². The monoisotopic (exact) mass is 157 g/mol. The molecule has 0 aromatic heterocycles. The fourth-order valence-corrected chi connectivity index (χ4v) is 1.48. The van der Waals surface area contributed by atoms with Crippen LogP contribution in [0.25, 0.3) is 0 Å². The molecule has 0 aliphatic carbocycles. The van der Waals surface area contributed by atoms with E-state index in [4.69, 9.17) is 5.11 Å². The SMILES string of the molecule is CC1CCN(C(C)C(=O)O)C1. The number of nitrogens with zero attached hydrogens (tertiary/aromatic N) is 1. The molecule has 3 heteroatoms. The maximum absolute atomic E-state index is 10.6. The molecule has 0 aromatic rings. The van der Waals surface area contributed by atoms with Crippen LogP contribution in [-0.4, -0.2) is 35.1 Å². The molecular formula is C8H15NO2. The third-order valence-corrected chi connectivity index (χ3v) is 2.36. The van der Waals surface area contributed by atoms with Gasteiger partial charge < -0.3 is 5.11 Å². The molecule has 2 unspecified atom stereocenters. The lowest BCUT2D eigenvalue weighted by molar-refractivity contribution is -0.142. The molecule has 0 aromatic carbocycles. The van der Waals surface area contributed by atoms with Gasteiger partial charge in [0.15, 0.2) is 0 Å². The van der Waals surface area contributed by atoms with Crippen LogP contribution < -0.4 is 0 Å². The van der Waals surface area contributed by atoms with Crippen molar-refractivity contribution in [1.29, 1.82) is 0 Å². The minimum absolute atomic E-state index is 0.306. The zero-order valence-corrected chi connectivity index (χ0v) is 7.08. The predicted octanol–water partition coefficient (Wildman–Crippen LogP) is 0.801. The third kappa shape index (κ3) is 1.93. The molecule has 1 N–H and O–H groups in total. The Bertz CT molecular complexity index is 158. The van der Waals surface area contributed by atoms with Crippen molar-refractivity contribution < 1.29 is 9.90 Å². The van der Waals surface area contributed by atoms with Crippen molar-refractivity contribution in [3.05, 3.63) is 0 Å². The fourth-order valence-electron chi connectivity index (χ4n) is 1.48. The molecule has 0 amide bonds. The van der Waals surface area contributed by atoms with Crippen LogP contribution in [0, 0.1) is 5.92 Å². The van der Waals surface area contributed by atoms with Crippen LogP contribution in [0.2, 0.25) is 0 Å². The standard InChI is InChI=1S/C8H15NO2/c1-6-3-4-9(5-6)7(2)8(10)11/h6-7H,3-5H2,1-2H3,(H,10,11). The van der Waals surface area contributed by atoms with E-state index < -0.39 is 5.97 Å². The summed E-state index contributed by atoms with van der Waals surface area (Å²) >= 11 is 0. The summed E-state index contributed by atoms with van der Waals surface area (Å²) < 4.78 is 0. The molecule has 0 radical (unpaired) electrons. The average molecular weight is 157 g/mol. The zero-order valence-electron chi connectivity index (χ0n) is 7.08. The maximum Gasteiger partial charge on any atom is 0.320 e. The highest BCUT2D eigenvalue weighted by molar-refractivity contribution is 5.72. The Morgan fingerprint density at radius 3 is 2.73 bits per heavy atom. The van der Waals surface area contributed by atoms with Gasteiger partial charge in [-0.1, -0.05) is 6.92 Å². The first-order valence-electron chi connectivity index (χ1n) is 4.08. The summed E-state index contributed by atoms with van der Waals surface area (Å²) in [5, 5.41) is 8.69. The summed E-state index contributed by atoms with van der Waals surface area (Å²) in [5.74, 6) is -0.0455. The maximum atomic E-state index is 10.6. The number of carboxylic acid groups (broad SMARTS) is 1. The van der Waals surface area contributed by atoms with Gasteiger partial charge in [-0.2, -0.15) is 0 Å². The zero-order chi connectivity index (χ0) is 8.43. The average Bonchev–Trinajstić information content (AvgIpc) is 2.34. The van der Waals surface area contributed by atoms with Crippen molar-refractivity contribution in [2.24, 2.45) is 5.92 Å². The number of hydrogen-bond donors (Lipinski definition) is 1. The van der Waals surface area contributed by atoms with Gasteiger partial charge in [0.05, 0.1) is 0 Å². The minimum atomic E-state index is -0.709. The largest absolute Gasteiger partial charge is 0.480 e. The van der Waals surface area contributed by atoms with Crippen molar-refractivity contribution in [3.8, 4) is 0 Å². The first-order valence-corrected chi connectivity index (χ1v) is 4.08. The van der Waals surface area contributed by atoms with Gasteiger partial charge in [0.2, 0.25) is 0 Å². The van der Waals surface area contributed by atoms with E-state index in [1.165, 1.54) is 0 Å². The second kappa shape index (κ2) is 3.22. The van der Waals surface area contributed by atoms with Crippen molar-refractivity contribution in [2.45, 2.75) is 26.3 Å². The highest BCUT2D eigenvalue weighted by Gasteiger charge is 2.26. The highest BCUT2D eigenvalue weighted by Crippen LogP contribution is 2.17. The molecule has 0 bridgehead atoms. The third-order valence-electron chi connectivity index (χ3n) is 2.36. The molecule has 1 rings (SSSR count). The summed E-state index contributed by atoms with van der Waals surface area (Å²) in [7, 11) is 0. The quantitative estimate of drug-likeness (QED) is 0.644. The van der Waals surface area contributed by atoms with E-state index in [9.17, 15) is 4.79 Å². The molecule has 64 valence electrons. The Balaban J connectivity index is 2.43. The number of carbonyl (C=O) groups is 1. The lowest BCUT2D eigenvalue weighted by atomic mass is 10.2. The first kappa shape index (κ1) is 8.53. The molecule has 3 nitrogen and oxygen atoms in total. The summed E-state index contributed by atoms with van der Waals surface area (Å²) in [4.78, 5) is 12.6.